The minimum Gasteiger partial charge on any atom is -0.387 e. The molecule has 1 unspecified atom stereocenters. The number of ether oxygens (including phenoxy) is 1. The van der Waals surface area contributed by atoms with Crippen LogP contribution in [0.2, 0.25) is 0 Å². The molecule has 0 saturated heterocycles. The van der Waals surface area contributed by atoms with Gasteiger partial charge in [-0.25, -0.2) is 0 Å². The summed E-state index contributed by atoms with van der Waals surface area (Å²) in [5, 5.41) is 12.3. The molecule has 0 radical (unpaired) electrons. The third-order valence-electron chi connectivity index (χ3n) is 1.56. The van der Waals surface area contributed by atoms with E-state index in [9.17, 15) is 9.90 Å². The van der Waals surface area contributed by atoms with Crippen molar-refractivity contribution >= 4 is 17.7 Å². The lowest BCUT2D eigenvalue weighted by atomic mass is 10.1. The van der Waals surface area contributed by atoms with Crippen LogP contribution in [-0.2, 0) is 9.53 Å². The largest absolute Gasteiger partial charge is 0.387 e. The zero-order valence-electron chi connectivity index (χ0n) is 9.00. The Bertz CT molecular complexity index is 173. The van der Waals surface area contributed by atoms with Gasteiger partial charge < -0.3 is 15.2 Å². The molecular weight excluding hydrogens is 202 g/mol. The van der Waals surface area contributed by atoms with Gasteiger partial charge in [0, 0.05) is 18.9 Å². The van der Waals surface area contributed by atoms with Gasteiger partial charge in [-0.2, -0.15) is 11.8 Å². The molecule has 4 nitrogen and oxygen atoms in total. The SMILES string of the molecule is CCOCC(=O)NCC(C)(O)CSC. The van der Waals surface area contributed by atoms with Crippen LogP contribution in [0.4, 0.5) is 0 Å². The van der Waals surface area contributed by atoms with E-state index in [4.69, 9.17) is 4.74 Å². The molecule has 0 aliphatic rings. The Morgan fingerprint density at radius 3 is 2.79 bits per heavy atom. The highest BCUT2D eigenvalue weighted by atomic mass is 32.2. The van der Waals surface area contributed by atoms with E-state index in [0.717, 1.165) is 0 Å². The molecule has 0 bridgehead atoms. The quantitative estimate of drug-likeness (QED) is 0.647. The second kappa shape index (κ2) is 7.09. The molecule has 0 heterocycles. The fourth-order valence-electron chi connectivity index (χ4n) is 0.897. The van der Waals surface area contributed by atoms with Gasteiger partial charge in [0.25, 0.3) is 0 Å². The minimum atomic E-state index is -0.846. The van der Waals surface area contributed by atoms with Crippen LogP contribution in [-0.4, -0.2) is 48.4 Å². The highest BCUT2D eigenvalue weighted by molar-refractivity contribution is 7.98. The molecule has 0 aliphatic heterocycles. The van der Waals surface area contributed by atoms with Crippen molar-refractivity contribution in [2.24, 2.45) is 0 Å². The third kappa shape index (κ3) is 7.17. The molecule has 0 aromatic heterocycles. The van der Waals surface area contributed by atoms with Crippen molar-refractivity contribution in [3.8, 4) is 0 Å². The average molecular weight is 221 g/mol. The lowest BCUT2D eigenvalue weighted by molar-refractivity contribution is -0.126. The van der Waals surface area contributed by atoms with Crippen molar-refractivity contribution < 1.29 is 14.6 Å². The van der Waals surface area contributed by atoms with E-state index in [-0.39, 0.29) is 19.1 Å². The zero-order chi connectivity index (χ0) is 11.0. The fourth-order valence-corrected chi connectivity index (χ4v) is 1.62. The first-order valence-corrected chi connectivity index (χ1v) is 5.97. The van der Waals surface area contributed by atoms with Gasteiger partial charge in [-0.3, -0.25) is 4.79 Å². The average Bonchev–Trinajstić information content (AvgIpc) is 2.11. The monoisotopic (exact) mass is 221 g/mol. The number of aliphatic hydroxyl groups is 1. The first-order valence-electron chi connectivity index (χ1n) is 4.57. The molecule has 0 rings (SSSR count). The van der Waals surface area contributed by atoms with Crippen LogP contribution in [0.1, 0.15) is 13.8 Å². The zero-order valence-corrected chi connectivity index (χ0v) is 9.82. The van der Waals surface area contributed by atoms with Crippen molar-refractivity contribution in [2.75, 3.05) is 31.8 Å². The van der Waals surface area contributed by atoms with Crippen LogP contribution in [0, 0.1) is 0 Å². The lowest BCUT2D eigenvalue weighted by Gasteiger charge is -2.22. The molecule has 0 saturated carbocycles. The number of rotatable bonds is 7. The molecule has 0 aliphatic carbocycles. The van der Waals surface area contributed by atoms with E-state index in [1.165, 1.54) is 0 Å². The topological polar surface area (TPSA) is 58.6 Å². The molecule has 1 amide bonds. The summed E-state index contributed by atoms with van der Waals surface area (Å²) in [6, 6.07) is 0. The smallest absolute Gasteiger partial charge is 0.246 e. The number of hydrogen-bond acceptors (Lipinski definition) is 4. The Morgan fingerprint density at radius 2 is 2.29 bits per heavy atom. The molecule has 84 valence electrons. The highest BCUT2D eigenvalue weighted by Crippen LogP contribution is 2.08. The van der Waals surface area contributed by atoms with E-state index < -0.39 is 5.60 Å². The van der Waals surface area contributed by atoms with Gasteiger partial charge in [0.2, 0.25) is 5.91 Å². The summed E-state index contributed by atoms with van der Waals surface area (Å²) in [6.07, 6.45) is 1.91. The Kier molecular flexibility index (Phi) is 6.96. The van der Waals surface area contributed by atoms with E-state index in [2.05, 4.69) is 5.32 Å². The van der Waals surface area contributed by atoms with Gasteiger partial charge in [0.1, 0.15) is 6.61 Å². The first kappa shape index (κ1) is 13.7. The maximum absolute atomic E-state index is 11.1. The Hall–Kier alpha value is -0.260. The molecule has 1 atom stereocenters. The molecule has 0 aromatic carbocycles. The van der Waals surface area contributed by atoms with E-state index in [1.54, 1.807) is 18.7 Å². The summed E-state index contributed by atoms with van der Waals surface area (Å²) in [6.45, 7) is 4.38. The molecule has 14 heavy (non-hydrogen) atoms. The molecular formula is C9H19NO3S. The number of carbonyl (C=O) groups excluding carboxylic acids is 1. The maximum atomic E-state index is 11.1. The maximum Gasteiger partial charge on any atom is 0.246 e. The Balaban J connectivity index is 3.64. The highest BCUT2D eigenvalue weighted by Gasteiger charge is 2.20. The lowest BCUT2D eigenvalue weighted by Crippen LogP contribution is -2.43. The number of hydrogen-bond donors (Lipinski definition) is 2. The van der Waals surface area contributed by atoms with Gasteiger partial charge in [0.15, 0.2) is 0 Å². The van der Waals surface area contributed by atoms with Crippen molar-refractivity contribution in [3.05, 3.63) is 0 Å². The number of carbonyl (C=O) groups is 1. The van der Waals surface area contributed by atoms with Gasteiger partial charge in [-0.05, 0) is 20.1 Å². The number of amides is 1. The number of thioether (sulfide) groups is 1. The van der Waals surface area contributed by atoms with E-state index in [1.807, 2.05) is 13.2 Å². The second-order valence-corrected chi connectivity index (χ2v) is 4.21. The van der Waals surface area contributed by atoms with Gasteiger partial charge in [-0.15, -0.1) is 0 Å². The summed E-state index contributed by atoms with van der Waals surface area (Å²) in [7, 11) is 0. The van der Waals surface area contributed by atoms with Gasteiger partial charge in [0.05, 0.1) is 5.60 Å². The van der Waals surface area contributed by atoms with Crippen LogP contribution < -0.4 is 5.32 Å². The van der Waals surface area contributed by atoms with Crippen molar-refractivity contribution in [3.63, 3.8) is 0 Å². The predicted molar refractivity (Wildman–Crippen MR) is 58.5 cm³/mol. The number of nitrogens with one attached hydrogen (secondary N) is 1. The fraction of sp³-hybridized carbons (Fsp3) is 0.889. The first-order chi connectivity index (χ1) is 6.52. The predicted octanol–water partition coefficient (Wildman–Crippen LogP) is 0.253. The molecule has 0 spiro atoms. The Labute approximate surface area is 89.4 Å². The summed E-state index contributed by atoms with van der Waals surface area (Å²) in [5.41, 5.74) is -0.846. The summed E-state index contributed by atoms with van der Waals surface area (Å²) < 4.78 is 4.92. The van der Waals surface area contributed by atoms with Crippen molar-refractivity contribution in [1.82, 2.24) is 5.32 Å². The van der Waals surface area contributed by atoms with Crippen LogP contribution in [0.25, 0.3) is 0 Å². The van der Waals surface area contributed by atoms with Crippen molar-refractivity contribution in [1.29, 1.82) is 0 Å². The second-order valence-electron chi connectivity index (χ2n) is 3.34. The third-order valence-corrected chi connectivity index (χ3v) is 2.47. The Morgan fingerprint density at radius 1 is 1.64 bits per heavy atom. The van der Waals surface area contributed by atoms with Crippen molar-refractivity contribution in [2.45, 2.75) is 19.4 Å². The van der Waals surface area contributed by atoms with Gasteiger partial charge >= 0.3 is 0 Å². The molecule has 2 N–H and O–H groups in total. The summed E-state index contributed by atoms with van der Waals surface area (Å²) in [4.78, 5) is 11.1. The molecule has 0 aromatic rings. The van der Waals surface area contributed by atoms with Gasteiger partial charge in [-0.1, -0.05) is 0 Å². The minimum absolute atomic E-state index is 0.0614. The molecule has 0 fully saturated rings. The van der Waals surface area contributed by atoms with E-state index in [0.29, 0.717) is 12.4 Å². The van der Waals surface area contributed by atoms with Crippen LogP contribution in [0.5, 0.6) is 0 Å². The van der Waals surface area contributed by atoms with Crippen LogP contribution in [0.3, 0.4) is 0 Å². The molecule has 5 heteroatoms. The van der Waals surface area contributed by atoms with Crippen LogP contribution >= 0.6 is 11.8 Å². The van der Waals surface area contributed by atoms with E-state index >= 15 is 0 Å². The van der Waals surface area contributed by atoms with Crippen LogP contribution in [0.15, 0.2) is 0 Å². The normalized spacial score (nSPS) is 14.9. The summed E-state index contributed by atoms with van der Waals surface area (Å²) >= 11 is 1.55. The standard InChI is InChI=1S/C9H19NO3S/c1-4-13-5-8(11)10-6-9(2,12)7-14-3/h12H,4-7H2,1-3H3,(H,10,11). The summed E-state index contributed by atoms with van der Waals surface area (Å²) in [5.74, 6) is 0.412.